The van der Waals surface area contributed by atoms with Gasteiger partial charge in [0.05, 0.1) is 6.10 Å². The maximum atomic E-state index is 12.1. The van der Waals surface area contributed by atoms with Crippen molar-refractivity contribution in [3.63, 3.8) is 0 Å². The second kappa shape index (κ2) is 6.60. The standard InChI is InChI=1S/C18H23NO4/c20-16(18(17(21)22)10-3-11-18)19-12-13-6-8-15(9-7-13)23-14-4-1-2-5-14/h6-9,14H,1-5,10-12H2,(H,19,20)(H,21,22). The Kier molecular flexibility index (Phi) is 4.55. The largest absolute Gasteiger partial charge is 0.490 e. The fourth-order valence-electron chi connectivity index (χ4n) is 3.30. The van der Waals surface area contributed by atoms with Crippen LogP contribution in [0.2, 0.25) is 0 Å². The van der Waals surface area contributed by atoms with Crippen molar-refractivity contribution in [2.75, 3.05) is 0 Å². The molecule has 0 saturated heterocycles. The molecule has 0 aliphatic heterocycles. The smallest absolute Gasteiger partial charge is 0.319 e. The Balaban J connectivity index is 1.52. The lowest BCUT2D eigenvalue weighted by Crippen LogP contribution is -2.50. The number of benzene rings is 1. The molecule has 3 rings (SSSR count). The van der Waals surface area contributed by atoms with E-state index in [1.807, 2.05) is 24.3 Å². The third-order valence-electron chi connectivity index (χ3n) is 5.03. The molecule has 2 saturated carbocycles. The van der Waals surface area contributed by atoms with Crippen LogP contribution in [0.3, 0.4) is 0 Å². The number of carbonyl (C=O) groups excluding carboxylic acids is 1. The summed E-state index contributed by atoms with van der Waals surface area (Å²) in [5.74, 6) is -0.530. The van der Waals surface area contributed by atoms with Crippen molar-refractivity contribution in [1.82, 2.24) is 5.32 Å². The van der Waals surface area contributed by atoms with Gasteiger partial charge in [0, 0.05) is 6.54 Å². The van der Waals surface area contributed by atoms with Crippen LogP contribution in [-0.2, 0) is 16.1 Å². The fraction of sp³-hybridized carbons (Fsp3) is 0.556. The third-order valence-corrected chi connectivity index (χ3v) is 5.03. The van der Waals surface area contributed by atoms with Gasteiger partial charge in [0.25, 0.3) is 0 Å². The molecule has 0 aromatic heterocycles. The summed E-state index contributed by atoms with van der Waals surface area (Å²) in [4.78, 5) is 23.4. The van der Waals surface area contributed by atoms with Gasteiger partial charge in [0.1, 0.15) is 11.2 Å². The average Bonchev–Trinajstić information content (AvgIpc) is 2.98. The topological polar surface area (TPSA) is 75.6 Å². The molecule has 0 unspecified atom stereocenters. The highest BCUT2D eigenvalue weighted by molar-refractivity contribution is 6.02. The summed E-state index contributed by atoms with van der Waals surface area (Å²) in [5, 5.41) is 12.0. The predicted octanol–water partition coefficient (Wildman–Crippen LogP) is 2.88. The Hall–Kier alpha value is -2.04. The van der Waals surface area contributed by atoms with Crippen LogP contribution in [0.1, 0.15) is 50.5 Å². The number of carboxylic acids is 1. The van der Waals surface area contributed by atoms with Crippen LogP contribution in [0.15, 0.2) is 24.3 Å². The van der Waals surface area contributed by atoms with Crippen molar-refractivity contribution in [2.45, 2.75) is 57.6 Å². The van der Waals surface area contributed by atoms with Gasteiger partial charge in [0.2, 0.25) is 5.91 Å². The summed E-state index contributed by atoms with van der Waals surface area (Å²) in [6.45, 7) is 0.345. The van der Waals surface area contributed by atoms with E-state index in [1.165, 1.54) is 12.8 Å². The van der Waals surface area contributed by atoms with E-state index in [4.69, 9.17) is 4.74 Å². The van der Waals surface area contributed by atoms with E-state index in [0.29, 0.717) is 25.5 Å². The lowest BCUT2D eigenvalue weighted by atomic mass is 9.68. The molecule has 0 spiro atoms. The number of hydrogen-bond donors (Lipinski definition) is 2. The number of carboxylic acid groups (broad SMARTS) is 1. The van der Waals surface area contributed by atoms with E-state index >= 15 is 0 Å². The number of rotatable bonds is 6. The number of ether oxygens (including phenoxy) is 1. The number of aliphatic carboxylic acids is 1. The van der Waals surface area contributed by atoms with Gasteiger partial charge in [0.15, 0.2) is 0 Å². The van der Waals surface area contributed by atoms with E-state index in [-0.39, 0.29) is 5.91 Å². The molecular weight excluding hydrogens is 294 g/mol. The van der Waals surface area contributed by atoms with Gasteiger partial charge in [-0.3, -0.25) is 9.59 Å². The zero-order valence-corrected chi connectivity index (χ0v) is 13.2. The molecule has 0 bridgehead atoms. The first kappa shape index (κ1) is 15.8. The van der Waals surface area contributed by atoms with Crippen molar-refractivity contribution < 1.29 is 19.4 Å². The molecule has 1 amide bonds. The highest BCUT2D eigenvalue weighted by Gasteiger charge is 2.50. The molecule has 5 nitrogen and oxygen atoms in total. The van der Waals surface area contributed by atoms with E-state index in [9.17, 15) is 14.7 Å². The van der Waals surface area contributed by atoms with Crippen LogP contribution in [0, 0.1) is 5.41 Å². The highest BCUT2D eigenvalue weighted by atomic mass is 16.5. The zero-order chi connectivity index (χ0) is 16.3. The minimum absolute atomic E-state index is 0.328. The first-order valence-corrected chi connectivity index (χ1v) is 8.37. The first-order valence-electron chi connectivity index (χ1n) is 8.37. The second-order valence-electron chi connectivity index (χ2n) is 6.59. The number of amides is 1. The average molecular weight is 317 g/mol. The SMILES string of the molecule is O=C(O)C1(C(=O)NCc2ccc(OC3CCCC3)cc2)CCC1. The summed E-state index contributed by atoms with van der Waals surface area (Å²) in [5.41, 5.74) is -0.261. The molecule has 23 heavy (non-hydrogen) atoms. The lowest BCUT2D eigenvalue weighted by Gasteiger charge is -2.35. The Morgan fingerprint density at radius 1 is 1.13 bits per heavy atom. The first-order chi connectivity index (χ1) is 11.1. The minimum Gasteiger partial charge on any atom is -0.490 e. The van der Waals surface area contributed by atoms with Gasteiger partial charge in [-0.25, -0.2) is 0 Å². The summed E-state index contributed by atoms with van der Waals surface area (Å²) in [6, 6.07) is 7.66. The Bertz CT molecular complexity index is 571. The van der Waals surface area contributed by atoms with E-state index in [0.717, 1.165) is 30.6 Å². The third kappa shape index (κ3) is 3.33. The summed E-state index contributed by atoms with van der Waals surface area (Å²) < 4.78 is 5.90. The number of hydrogen-bond acceptors (Lipinski definition) is 3. The van der Waals surface area contributed by atoms with Gasteiger partial charge in [-0.05, 0) is 56.2 Å². The summed E-state index contributed by atoms with van der Waals surface area (Å²) in [6.07, 6.45) is 6.71. The lowest BCUT2D eigenvalue weighted by molar-refractivity contribution is -0.162. The van der Waals surface area contributed by atoms with Crippen LogP contribution < -0.4 is 10.1 Å². The molecule has 2 N–H and O–H groups in total. The number of nitrogens with one attached hydrogen (secondary N) is 1. The maximum Gasteiger partial charge on any atom is 0.319 e. The molecule has 0 heterocycles. The van der Waals surface area contributed by atoms with Gasteiger partial charge >= 0.3 is 5.97 Å². The van der Waals surface area contributed by atoms with Crippen LogP contribution >= 0.6 is 0 Å². The Morgan fingerprint density at radius 2 is 1.78 bits per heavy atom. The van der Waals surface area contributed by atoms with Gasteiger partial charge in [-0.15, -0.1) is 0 Å². The van der Waals surface area contributed by atoms with E-state index in [2.05, 4.69) is 5.32 Å². The monoisotopic (exact) mass is 317 g/mol. The van der Waals surface area contributed by atoms with Crippen LogP contribution in [-0.4, -0.2) is 23.1 Å². The molecule has 0 radical (unpaired) electrons. The van der Waals surface area contributed by atoms with E-state index < -0.39 is 11.4 Å². The summed E-state index contributed by atoms with van der Waals surface area (Å²) in [7, 11) is 0. The molecular formula is C18H23NO4. The van der Waals surface area contributed by atoms with Gasteiger partial charge < -0.3 is 15.2 Å². The minimum atomic E-state index is -1.20. The van der Waals surface area contributed by atoms with Crippen molar-refractivity contribution in [3.8, 4) is 5.75 Å². The molecule has 0 atom stereocenters. The molecule has 5 heteroatoms. The van der Waals surface area contributed by atoms with Gasteiger partial charge in [-0.1, -0.05) is 18.6 Å². The summed E-state index contributed by atoms with van der Waals surface area (Å²) >= 11 is 0. The zero-order valence-electron chi connectivity index (χ0n) is 13.2. The Labute approximate surface area is 136 Å². The number of carbonyl (C=O) groups is 2. The van der Waals surface area contributed by atoms with Gasteiger partial charge in [-0.2, -0.15) is 0 Å². The van der Waals surface area contributed by atoms with Crippen molar-refractivity contribution in [1.29, 1.82) is 0 Å². The molecule has 1 aromatic rings. The Morgan fingerprint density at radius 3 is 2.30 bits per heavy atom. The van der Waals surface area contributed by atoms with Crippen molar-refractivity contribution >= 4 is 11.9 Å². The van der Waals surface area contributed by atoms with Crippen LogP contribution in [0.5, 0.6) is 5.75 Å². The second-order valence-corrected chi connectivity index (χ2v) is 6.59. The molecule has 1 aromatic carbocycles. The van der Waals surface area contributed by atoms with Crippen LogP contribution in [0.4, 0.5) is 0 Å². The molecule has 124 valence electrons. The fourth-order valence-corrected chi connectivity index (χ4v) is 3.30. The van der Waals surface area contributed by atoms with Crippen molar-refractivity contribution in [3.05, 3.63) is 29.8 Å². The maximum absolute atomic E-state index is 12.1. The molecule has 2 aliphatic rings. The van der Waals surface area contributed by atoms with Crippen LogP contribution in [0.25, 0.3) is 0 Å². The highest BCUT2D eigenvalue weighted by Crippen LogP contribution is 2.41. The normalized spacial score (nSPS) is 19.8. The predicted molar refractivity (Wildman–Crippen MR) is 85.1 cm³/mol. The van der Waals surface area contributed by atoms with E-state index in [1.54, 1.807) is 0 Å². The quantitative estimate of drug-likeness (QED) is 0.791. The van der Waals surface area contributed by atoms with Crippen molar-refractivity contribution in [2.24, 2.45) is 5.41 Å². The molecule has 2 aliphatic carbocycles. The molecule has 2 fully saturated rings.